The van der Waals surface area contributed by atoms with Crippen molar-refractivity contribution in [2.24, 2.45) is 0 Å². The average molecular weight is 491 g/mol. The van der Waals surface area contributed by atoms with E-state index in [1.165, 1.54) is 43.5 Å². The predicted molar refractivity (Wildman–Crippen MR) is 120 cm³/mol. The number of amides is 1. The molecule has 178 valence electrons. The highest BCUT2D eigenvalue weighted by Gasteiger charge is 2.41. The summed E-state index contributed by atoms with van der Waals surface area (Å²) in [4.78, 5) is 13.2. The van der Waals surface area contributed by atoms with Gasteiger partial charge < -0.3 is 10.1 Å². The van der Waals surface area contributed by atoms with Crippen LogP contribution in [0.3, 0.4) is 0 Å². The molecular weight excluding hydrogens is 469 g/mol. The van der Waals surface area contributed by atoms with E-state index in [0.717, 1.165) is 27.6 Å². The summed E-state index contributed by atoms with van der Waals surface area (Å²) in [7, 11) is -2.71. The van der Waals surface area contributed by atoms with Crippen LogP contribution >= 0.6 is 0 Å². The number of anilines is 1. The molecule has 0 spiro atoms. The van der Waals surface area contributed by atoms with Crippen molar-refractivity contribution in [3.05, 3.63) is 89.5 Å². The lowest BCUT2D eigenvalue weighted by Gasteiger charge is -2.35. The van der Waals surface area contributed by atoms with Gasteiger partial charge in [0, 0.05) is 6.54 Å². The Balaban J connectivity index is 1.72. The van der Waals surface area contributed by atoms with Gasteiger partial charge >= 0.3 is 6.18 Å². The van der Waals surface area contributed by atoms with Crippen LogP contribution in [0.2, 0.25) is 0 Å². The zero-order valence-electron chi connectivity index (χ0n) is 18.0. The summed E-state index contributed by atoms with van der Waals surface area (Å²) >= 11 is 0. The van der Waals surface area contributed by atoms with Gasteiger partial charge in [0.05, 0.1) is 23.3 Å². The lowest BCUT2D eigenvalue weighted by molar-refractivity contribution is -0.137. The van der Waals surface area contributed by atoms with Crippen LogP contribution in [-0.2, 0) is 34.0 Å². The second-order valence-electron chi connectivity index (χ2n) is 7.75. The van der Waals surface area contributed by atoms with Crippen molar-refractivity contribution in [3.8, 4) is 5.75 Å². The van der Waals surface area contributed by atoms with E-state index in [-0.39, 0.29) is 17.9 Å². The van der Waals surface area contributed by atoms with E-state index >= 15 is 0 Å². The van der Waals surface area contributed by atoms with Crippen molar-refractivity contribution in [2.75, 3.05) is 12.4 Å². The molecule has 0 fully saturated rings. The lowest BCUT2D eigenvalue weighted by atomic mass is 9.95. The van der Waals surface area contributed by atoms with Gasteiger partial charge in [-0.3, -0.25) is 4.79 Å². The van der Waals surface area contributed by atoms with Crippen LogP contribution in [0.25, 0.3) is 0 Å². The van der Waals surface area contributed by atoms with Gasteiger partial charge in [-0.25, -0.2) is 8.42 Å². The van der Waals surface area contributed by atoms with Crippen molar-refractivity contribution in [2.45, 2.75) is 30.1 Å². The van der Waals surface area contributed by atoms with E-state index < -0.39 is 39.4 Å². The molecule has 3 aromatic carbocycles. The molecule has 34 heavy (non-hydrogen) atoms. The molecule has 1 N–H and O–H groups in total. The van der Waals surface area contributed by atoms with Crippen LogP contribution in [0.4, 0.5) is 18.9 Å². The summed E-state index contributed by atoms with van der Waals surface area (Å²) in [6.07, 6.45) is -4.66. The number of alkyl halides is 3. The number of halogens is 3. The van der Waals surface area contributed by atoms with Crippen molar-refractivity contribution < 1.29 is 31.1 Å². The van der Waals surface area contributed by atoms with Crippen molar-refractivity contribution in [1.82, 2.24) is 4.31 Å². The quantitative estimate of drug-likeness (QED) is 0.573. The van der Waals surface area contributed by atoms with E-state index in [4.69, 9.17) is 4.74 Å². The first-order valence-electron chi connectivity index (χ1n) is 10.3. The number of para-hydroxylation sites is 1. The van der Waals surface area contributed by atoms with Gasteiger partial charge in [-0.1, -0.05) is 36.4 Å². The fourth-order valence-corrected chi connectivity index (χ4v) is 5.48. The fourth-order valence-electron chi connectivity index (χ4n) is 3.91. The first kappa shape index (κ1) is 23.8. The zero-order chi connectivity index (χ0) is 24.5. The highest BCUT2D eigenvalue weighted by Crippen LogP contribution is 2.35. The van der Waals surface area contributed by atoms with Gasteiger partial charge in [0.15, 0.2) is 0 Å². The Morgan fingerprint density at radius 2 is 1.59 bits per heavy atom. The highest BCUT2D eigenvalue weighted by atomic mass is 32.2. The molecule has 0 bridgehead atoms. The standard InChI is InChI=1S/C24H21F3N2O4S/c1-33-18-10-12-19(13-11-18)34(31,32)29-15-17-7-3-2-6-16(17)14-22(29)23(30)28-21-9-5-4-8-20(21)24(25,26)27/h2-13,22H,14-15H2,1H3,(H,28,30)/t22-/m1/s1. The number of fused-ring (bicyclic) bond motifs is 1. The molecule has 1 heterocycles. The van der Waals surface area contributed by atoms with Crippen LogP contribution in [0, 0.1) is 0 Å². The van der Waals surface area contributed by atoms with Gasteiger partial charge in [0.1, 0.15) is 11.8 Å². The SMILES string of the molecule is COc1ccc(S(=O)(=O)N2Cc3ccccc3C[C@@H]2C(=O)Nc2ccccc2C(F)(F)F)cc1. The molecule has 1 aliphatic heterocycles. The summed E-state index contributed by atoms with van der Waals surface area (Å²) < 4.78 is 73.4. The van der Waals surface area contributed by atoms with Crippen molar-refractivity contribution in [1.29, 1.82) is 0 Å². The van der Waals surface area contributed by atoms with Crippen LogP contribution in [-0.4, -0.2) is 31.8 Å². The average Bonchev–Trinajstić information content (AvgIpc) is 2.83. The minimum absolute atomic E-state index is 0.0194. The second kappa shape index (κ2) is 9.11. The summed E-state index contributed by atoms with van der Waals surface area (Å²) in [5, 5.41) is 2.30. The van der Waals surface area contributed by atoms with Crippen LogP contribution in [0.15, 0.2) is 77.7 Å². The molecule has 0 unspecified atom stereocenters. The van der Waals surface area contributed by atoms with Crippen molar-refractivity contribution in [3.63, 3.8) is 0 Å². The van der Waals surface area contributed by atoms with Crippen LogP contribution < -0.4 is 10.1 Å². The van der Waals surface area contributed by atoms with E-state index in [2.05, 4.69) is 5.32 Å². The lowest BCUT2D eigenvalue weighted by Crippen LogP contribution is -2.50. The molecule has 0 aromatic heterocycles. The number of carbonyl (C=O) groups is 1. The smallest absolute Gasteiger partial charge is 0.418 e. The van der Waals surface area contributed by atoms with Gasteiger partial charge in [0.25, 0.3) is 0 Å². The molecule has 0 saturated heterocycles. The number of rotatable bonds is 5. The van der Waals surface area contributed by atoms with Gasteiger partial charge in [-0.05, 0) is 53.9 Å². The topological polar surface area (TPSA) is 75.7 Å². The van der Waals surface area contributed by atoms with Gasteiger partial charge in [-0.15, -0.1) is 0 Å². The first-order valence-corrected chi connectivity index (χ1v) is 11.7. The third-order valence-electron chi connectivity index (χ3n) is 5.66. The second-order valence-corrected chi connectivity index (χ2v) is 9.64. The molecule has 1 atom stereocenters. The normalized spacial score (nSPS) is 16.5. The number of benzene rings is 3. The molecule has 0 aliphatic carbocycles. The minimum atomic E-state index is -4.68. The Bertz CT molecular complexity index is 1310. The molecule has 6 nitrogen and oxygen atoms in total. The summed E-state index contributed by atoms with van der Waals surface area (Å²) in [6, 6.07) is 16.1. The molecular formula is C24H21F3N2O4S. The molecule has 4 rings (SSSR count). The van der Waals surface area contributed by atoms with Gasteiger partial charge in [0.2, 0.25) is 15.9 Å². The Morgan fingerprint density at radius 1 is 0.971 bits per heavy atom. The Hall–Kier alpha value is -3.37. The number of nitrogens with zero attached hydrogens (tertiary/aromatic N) is 1. The molecule has 10 heteroatoms. The number of nitrogens with one attached hydrogen (secondary N) is 1. The number of carbonyl (C=O) groups excluding carboxylic acids is 1. The predicted octanol–water partition coefficient (Wildman–Crippen LogP) is 4.47. The van der Waals surface area contributed by atoms with E-state index in [9.17, 15) is 26.4 Å². The molecule has 1 amide bonds. The Labute approximate surface area is 195 Å². The number of methoxy groups -OCH3 is 1. The zero-order valence-corrected chi connectivity index (χ0v) is 18.9. The van der Waals surface area contributed by atoms with E-state index in [1.807, 2.05) is 0 Å². The fraction of sp³-hybridized carbons (Fsp3) is 0.208. The van der Waals surface area contributed by atoms with E-state index in [1.54, 1.807) is 24.3 Å². The molecule has 1 aliphatic rings. The molecule has 0 radical (unpaired) electrons. The number of ether oxygens (including phenoxy) is 1. The van der Waals surface area contributed by atoms with Crippen LogP contribution in [0.1, 0.15) is 16.7 Å². The number of hydrogen-bond donors (Lipinski definition) is 1. The summed E-state index contributed by atoms with van der Waals surface area (Å²) in [6.45, 7) is -0.0937. The maximum Gasteiger partial charge on any atom is 0.418 e. The minimum Gasteiger partial charge on any atom is -0.497 e. The summed E-state index contributed by atoms with van der Waals surface area (Å²) in [5.74, 6) is -0.385. The monoisotopic (exact) mass is 490 g/mol. The highest BCUT2D eigenvalue weighted by molar-refractivity contribution is 7.89. The first-order chi connectivity index (χ1) is 16.1. The summed E-state index contributed by atoms with van der Waals surface area (Å²) in [5.41, 5.74) is 0.0389. The maximum atomic E-state index is 13.5. The molecule has 0 saturated carbocycles. The van der Waals surface area contributed by atoms with Crippen molar-refractivity contribution >= 4 is 21.6 Å². The maximum absolute atomic E-state index is 13.5. The number of hydrogen-bond acceptors (Lipinski definition) is 4. The van der Waals surface area contributed by atoms with Gasteiger partial charge in [-0.2, -0.15) is 17.5 Å². The molecule has 3 aromatic rings. The Kier molecular flexibility index (Phi) is 6.37. The number of sulfonamides is 1. The third-order valence-corrected chi connectivity index (χ3v) is 7.53. The third kappa shape index (κ3) is 4.64. The Morgan fingerprint density at radius 3 is 2.24 bits per heavy atom. The largest absolute Gasteiger partial charge is 0.497 e. The van der Waals surface area contributed by atoms with Crippen LogP contribution in [0.5, 0.6) is 5.75 Å². The van der Waals surface area contributed by atoms with E-state index in [0.29, 0.717) is 5.75 Å².